The Morgan fingerprint density at radius 1 is 1.35 bits per heavy atom. The number of carboxylic acid groups (broad SMARTS) is 1. The van der Waals surface area contributed by atoms with Gasteiger partial charge in [-0.3, -0.25) is 9.69 Å². The molecule has 0 radical (unpaired) electrons. The van der Waals surface area contributed by atoms with E-state index >= 15 is 0 Å². The van der Waals surface area contributed by atoms with Gasteiger partial charge in [-0.05, 0) is 13.3 Å². The third-order valence-electron chi connectivity index (χ3n) is 3.85. The first-order valence-corrected chi connectivity index (χ1v) is 6.46. The maximum absolute atomic E-state index is 10.5. The van der Waals surface area contributed by atoms with Gasteiger partial charge in [-0.2, -0.15) is 0 Å². The molecule has 2 aliphatic rings. The Labute approximate surface area is 102 Å². The van der Waals surface area contributed by atoms with Crippen LogP contribution in [0.2, 0.25) is 0 Å². The molecule has 0 spiro atoms. The zero-order chi connectivity index (χ0) is 12.3. The quantitative estimate of drug-likeness (QED) is 0.766. The summed E-state index contributed by atoms with van der Waals surface area (Å²) in [7, 11) is 0. The van der Waals surface area contributed by atoms with Crippen molar-refractivity contribution < 1.29 is 14.6 Å². The number of piperazine rings is 1. The Morgan fingerprint density at radius 2 is 2.06 bits per heavy atom. The molecule has 17 heavy (non-hydrogen) atoms. The Hall–Kier alpha value is -0.650. The van der Waals surface area contributed by atoms with Gasteiger partial charge in [0.1, 0.15) is 0 Å². The smallest absolute Gasteiger partial charge is 0.304 e. The highest BCUT2D eigenvalue weighted by Gasteiger charge is 2.31. The average molecular weight is 242 g/mol. The number of carboxylic acids is 1. The van der Waals surface area contributed by atoms with Crippen LogP contribution in [-0.4, -0.2) is 72.4 Å². The minimum absolute atomic E-state index is 0.253. The fourth-order valence-electron chi connectivity index (χ4n) is 2.77. The highest BCUT2D eigenvalue weighted by Crippen LogP contribution is 2.20. The molecular weight excluding hydrogens is 220 g/mol. The molecule has 0 aromatic carbocycles. The fourth-order valence-corrected chi connectivity index (χ4v) is 2.77. The minimum Gasteiger partial charge on any atom is -0.481 e. The third kappa shape index (κ3) is 3.40. The molecule has 0 aromatic heterocycles. The van der Waals surface area contributed by atoms with Crippen LogP contribution in [0.1, 0.15) is 19.8 Å². The summed E-state index contributed by atoms with van der Waals surface area (Å²) in [6.07, 6.45) is 1.74. The second-order valence-corrected chi connectivity index (χ2v) is 4.95. The number of hydrogen-bond acceptors (Lipinski definition) is 4. The van der Waals surface area contributed by atoms with Crippen molar-refractivity contribution in [2.45, 2.75) is 31.9 Å². The summed E-state index contributed by atoms with van der Waals surface area (Å²) in [6, 6.07) is 0.566. The van der Waals surface area contributed by atoms with E-state index in [4.69, 9.17) is 9.84 Å². The van der Waals surface area contributed by atoms with Crippen molar-refractivity contribution in [2.24, 2.45) is 0 Å². The van der Waals surface area contributed by atoms with Crippen molar-refractivity contribution in [1.82, 2.24) is 9.80 Å². The van der Waals surface area contributed by atoms with Crippen LogP contribution >= 0.6 is 0 Å². The monoisotopic (exact) mass is 242 g/mol. The second kappa shape index (κ2) is 5.80. The summed E-state index contributed by atoms with van der Waals surface area (Å²) in [5.74, 6) is -0.703. The number of rotatable bonds is 4. The molecule has 2 heterocycles. The lowest BCUT2D eigenvalue weighted by Gasteiger charge is -2.38. The summed E-state index contributed by atoms with van der Waals surface area (Å²) in [6.45, 7) is 7.75. The molecule has 5 heteroatoms. The van der Waals surface area contributed by atoms with Crippen LogP contribution in [-0.2, 0) is 9.53 Å². The van der Waals surface area contributed by atoms with E-state index in [2.05, 4.69) is 16.7 Å². The molecule has 2 atom stereocenters. The molecule has 1 N–H and O–H groups in total. The van der Waals surface area contributed by atoms with Crippen LogP contribution in [0.4, 0.5) is 0 Å². The fraction of sp³-hybridized carbons (Fsp3) is 0.917. The summed E-state index contributed by atoms with van der Waals surface area (Å²) in [5.41, 5.74) is 0. The van der Waals surface area contributed by atoms with E-state index in [0.29, 0.717) is 18.7 Å². The van der Waals surface area contributed by atoms with Crippen LogP contribution in [0.5, 0.6) is 0 Å². The minimum atomic E-state index is -0.703. The molecule has 0 aromatic rings. The predicted molar refractivity (Wildman–Crippen MR) is 64.1 cm³/mol. The molecule has 2 unspecified atom stereocenters. The van der Waals surface area contributed by atoms with Gasteiger partial charge in [0.25, 0.3) is 0 Å². The van der Waals surface area contributed by atoms with Crippen LogP contribution in [0, 0.1) is 0 Å². The summed E-state index contributed by atoms with van der Waals surface area (Å²) in [5, 5.41) is 8.65. The van der Waals surface area contributed by atoms with E-state index in [1.54, 1.807) is 0 Å². The van der Waals surface area contributed by atoms with Gasteiger partial charge in [0.2, 0.25) is 0 Å². The first kappa shape index (κ1) is 12.8. The van der Waals surface area contributed by atoms with Gasteiger partial charge in [-0.1, -0.05) is 0 Å². The van der Waals surface area contributed by atoms with E-state index < -0.39 is 5.97 Å². The van der Waals surface area contributed by atoms with Crippen LogP contribution < -0.4 is 0 Å². The molecule has 2 rings (SSSR count). The molecule has 0 amide bonds. The van der Waals surface area contributed by atoms with Gasteiger partial charge < -0.3 is 14.7 Å². The van der Waals surface area contributed by atoms with Crippen LogP contribution in [0.25, 0.3) is 0 Å². The third-order valence-corrected chi connectivity index (χ3v) is 3.85. The summed E-state index contributed by atoms with van der Waals surface area (Å²) < 4.78 is 5.59. The first-order valence-electron chi connectivity index (χ1n) is 6.46. The molecule has 2 saturated heterocycles. The van der Waals surface area contributed by atoms with E-state index in [0.717, 1.165) is 39.2 Å². The second-order valence-electron chi connectivity index (χ2n) is 4.95. The number of hydrogen-bond donors (Lipinski definition) is 1. The Morgan fingerprint density at radius 3 is 2.59 bits per heavy atom. The zero-order valence-electron chi connectivity index (χ0n) is 10.5. The van der Waals surface area contributed by atoms with Crippen LogP contribution in [0.15, 0.2) is 0 Å². The molecule has 0 aliphatic carbocycles. The molecule has 0 saturated carbocycles. The summed E-state index contributed by atoms with van der Waals surface area (Å²) in [4.78, 5) is 15.2. The van der Waals surface area contributed by atoms with Crippen molar-refractivity contribution in [1.29, 1.82) is 0 Å². The van der Waals surface area contributed by atoms with Crippen molar-refractivity contribution in [3.8, 4) is 0 Å². The van der Waals surface area contributed by atoms with Crippen molar-refractivity contribution in [2.75, 3.05) is 39.3 Å². The van der Waals surface area contributed by atoms with E-state index in [9.17, 15) is 4.79 Å². The Kier molecular flexibility index (Phi) is 4.36. The van der Waals surface area contributed by atoms with E-state index in [-0.39, 0.29) is 6.42 Å². The standard InChI is InChI=1S/C12H22N2O3/c1-10-11(3-9-17-10)14-7-5-13(6-8-14)4-2-12(15)16/h10-11H,2-9H2,1H3,(H,15,16). The van der Waals surface area contributed by atoms with Crippen LogP contribution in [0.3, 0.4) is 0 Å². The Bertz CT molecular complexity index is 264. The maximum Gasteiger partial charge on any atom is 0.304 e. The largest absolute Gasteiger partial charge is 0.481 e. The average Bonchev–Trinajstić information content (AvgIpc) is 2.73. The number of ether oxygens (including phenoxy) is 1. The van der Waals surface area contributed by atoms with Gasteiger partial charge >= 0.3 is 5.97 Å². The topological polar surface area (TPSA) is 53.0 Å². The van der Waals surface area contributed by atoms with E-state index in [1.807, 2.05) is 0 Å². The van der Waals surface area contributed by atoms with E-state index in [1.165, 1.54) is 0 Å². The van der Waals surface area contributed by atoms with Crippen molar-refractivity contribution in [3.63, 3.8) is 0 Å². The van der Waals surface area contributed by atoms with Gasteiger partial charge in [0.05, 0.1) is 12.5 Å². The lowest BCUT2D eigenvalue weighted by Crippen LogP contribution is -2.52. The van der Waals surface area contributed by atoms with Gasteiger partial charge in [-0.25, -0.2) is 0 Å². The summed E-state index contributed by atoms with van der Waals surface area (Å²) >= 11 is 0. The molecular formula is C12H22N2O3. The molecule has 2 aliphatic heterocycles. The number of nitrogens with zero attached hydrogens (tertiary/aromatic N) is 2. The van der Waals surface area contributed by atoms with Crippen molar-refractivity contribution in [3.05, 3.63) is 0 Å². The predicted octanol–water partition coefficient (Wildman–Crippen LogP) is 0.256. The molecule has 2 fully saturated rings. The Balaban J connectivity index is 1.72. The SMILES string of the molecule is CC1OCCC1N1CCN(CCC(=O)O)CC1. The molecule has 98 valence electrons. The lowest BCUT2D eigenvalue weighted by atomic mass is 10.1. The maximum atomic E-state index is 10.5. The normalized spacial score (nSPS) is 31.8. The molecule has 5 nitrogen and oxygen atoms in total. The highest BCUT2D eigenvalue weighted by atomic mass is 16.5. The number of carbonyl (C=O) groups is 1. The zero-order valence-corrected chi connectivity index (χ0v) is 10.5. The lowest BCUT2D eigenvalue weighted by molar-refractivity contribution is -0.137. The number of aliphatic carboxylic acids is 1. The molecule has 0 bridgehead atoms. The van der Waals surface area contributed by atoms with Crippen molar-refractivity contribution >= 4 is 5.97 Å². The van der Waals surface area contributed by atoms with Gasteiger partial charge in [0, 0.05) is 45.4 Å². The highest BCUT2D eigenvalue weighted by molar-refractivity contribution is 5.66. The van der Waals surface area contributed by atoms with Gasteiger partial charge in [-0.15, -0.1) is 0 Å². The first-order chi connectivity index (χ1) is 8.16. The van der Waals surface area contributed by atoms with Gasteiger partial charge in [0.15, 0.2) is 0 Å².